The molecule has 1 N–H and O–H groups in total. The number of aryl methyl sites for hydroxylation is 1. The third-order valence-corrected chi connectivity index (χ3v) is 3.45. The largest absolute Gasteiger partial charge is 0.480 e. The van der Waals surface area contributed by atoms with Crippen LogP contribution in [0.4, 0.5) is 5.82 Å². The van der Waals surface area contributed by atoms with Gasteiger partial charge >= 0.3 is 5.97 Å². The van der Waals surface area contributed by atoms with Crippen LogP contribution in [0.15, 0.2) is 12.1 Å². The summed E-state index contributed by atoms with van der Waals surface area (Å²) in [5.74, 6) is -0.268. The van der Waals surface area contributed by atoms with Gasteiger partial charge in [0.15, 0.2) is 0 Å². The number of pyridine rings is 1. The van der Waals surface area contributed by atoms with E-state index in [0.29, 0.717) is 24.3 Å². The molecule has 18 heavy (non-hydrogen) atoms. The third kappa shape index (κ3) is 1.90. The van der Waals surface area contributed by atoms with Crippen LogP contribution in [0.5, 0.6) is 0 Å². The van der Waals surface area contributed by atoms with Gasteiger partial charge in [0.1, 0.15) is 11.4 Å². The van der Waals surface area contributed by atoms with Crippen LogP contribution >= 0.6 is 0 Å². The molecule has 1 unspecified atom stereocenters. The molecule has 1 aromatic heterocycles. The Morgan fingerprint density at radius 3 is 2.94 bits per heavy atom. The van der Waals surface area contributed by atoms with Crippen LogP contribution in [0.3, 0.4) is 0 Å². The predicted octanol–water partition coefficient (Wildman–Crippen LogP) is 1.71. The molecule has 0 spiro atoms. The first-order valence-electron chi connectivity index (χ1n) is 5.87. The topological polar surface area (TPSA) is 77.2 Å². The van der Waals surface area contributed by atoms with Crippen molar-refractivity contribution in [2.24, 2.45) is 0 Å². The molecule has 1 fully saturated rings. The maximum Gasteiger partial charge on any atom is 0.329 e. The minimum Gasteiger partial charge on any atom is -0.480 e. The van der Waals surface area contributed by atoms with Gasteiger partial charge in [-0.25, -0.2) is 9.78 Å². The summed E-state index contributed by atoms with van der Waals surface area (Å²) in [5.41, 5.74) is 0.314. The Bertz CT molecular complexity index is 536. The molecule has 1 atom stereocenters. The standard InChI is InChI=1S/C13H15N3O2/c1-9-6-10(8-14)7-11(15-9)16-5-3-4-13(16,2)12(17)18/h6-7H,3-5H2,1-2H3,(H,17,18). The molecule has 94 valence electrons. The zero-order valence-corrected chi connectivity index (χ0v) is 10.5. The van der Waals surface area contributed by atoms with Crippen molar-refractivity contribution in [3.05, 3.63) is 23.4 Å². The Morgan fingerprint density at radius 2 is 2.33 bits per heavy atom. The summed E-state index contributed by atoms with van der Waals surface area (Å²) in [5, 5.41) is 18.3. The molecule has 5 nitrogen and oxygen atoms in total. The molecule has 0 bridgehead atoms. The van der Waals surface area contributed by atoms with Crippen LogP contribution in [0.2, 0.25) is 0 Å². The molecule has 1 saturated heterocycles. The van der Waals surface area contributed by atoms with E-state index in [1.165, 1.54) is 0 Å². The predicted molar refractivity (Wildman–Crippen MR) is 66.3 cm³/mol. The SMILES string of the molecule is Cc1cc(C#N)cc(N2CCCC2(C)C(=O)O)n1. The number of hydrogen-bond donors (Lipinski definition) is 1. The van der Waals surface area contributed by atoms with Crippen LogP contribution in [0.1, 0.15) is 31.0 Å². The summed E-state index contributed by atoms with van der Waals surface area (Å²) >= 11 is 0. The van der Waals surface area contributed by atoms with Gasteiger partial charge in [0, 0.05) is 12.2 Å². The monoisotopic (exact) mass is 245 g/mol. The fourth-order valence-corrected chi connectivity index (χ4v) is 2.41. The van der Waals surface area contributed by atoms with Crippen molar-refractivity contribution < 1.29 is 9.90 Å². The second-order valence-electron chi connectivity index (χ2n) is 4.80. The van der Waals surface area contributed by atoms with Gasteiger partial charge in [0.2, 0.25) is 0 Å². The first kappa shape index (κ1) is 12.4. The number of nitrogens with zero attached hydrogens (tertiary/aromatic N) is 3. The lowest BCUT2D eigenvalue weighted by Gasteiger charge is -2.32. The minimum atomic E-state index is -0.923. The van der Waals surface area contributed by atoms with Crippen LogP contribution < -0.4 is 4.90 Å². The van der Waals surface area contributed by atoms with E-state index in [9.17, 15) is 9.90 Å². The maximum atomic E-state index is 11.4. The lowest BCUT2D eigenvalue weighted by molar-refractivity contribution is -0.142. The van der Waals surface area contributed by atoms with E-state index in [4.69, 9.17) is 5.26 Å². The molecule has 2 rings (SSSR count). The van der Waals surface area contributed by atoms with Gasteiger partial charge in [-0.1, -0.05) is 0 Å². The Balaban J connectivity index is 2.46. The second-order valence-corrected chi connectivity index (χ2v) is 4.80. The molecule has 0 saturated carbocycles. The molecule has 1 aliphatic rings. The quantitative estimate of drug-likeness (QED) is 0.858. The highest BCUT2D eigenvalue weighted by Gasteiger charge is 2.44. The number of rotatable bonds is 2. The lowest BCUT2D eigenvalue weighted by Crippen LogP contribution is -2.48. The number of aromatic nitrogens is 1. The van der Waals surface area contributed by atoms with E-state index in [1.807, 2.05) is 0 Å². The molecule has 0 amide bonds. The average molecular weight is 245 g/mol. The number of aliphatic carboxylic acids is 1. The van der Waals surface area contributed by atoms with Gasteiger partial charge < -0.3 is 10.0 Å². The molecule has 5 heteroatoms. The first-order chi connectivity index (χ1) is 8.47. The fraction of sp³-hybridized carbons (Fsp3) is 0.462. The second kappa shape index (κ2) is 4.30. The summed E-state index contributed by atoms with van der Waals surface area (Å²) in [7, 11) is 0. The Morgan fingerprint density at radius 1 is 1.61 bits per heavy atom. The summed E-state index contributed by atoms with van der Waals surface area (Å²) in [4.78, 5) is 17.5. The summed E-state index contributed by atoms with van der Waals surface area (Å²) in [6.07, 6.45) is 1.42. The number of carbonyl (C=O) groups is 1. The number of nitriles is 1. The minimum absolute atomic E-state index is 0.511. The molecule has 1 aromatic rings. The van der Waals surface area contributed by atoms with Gasteiger partial charge in [-0.05, 0) is 38.8 Å². The van der Waals surface area contributed by atoms with Gasteiger partial charge in [0.25, 0.3) is 0 Å². The molecule has 1 aliphatic heterocycles. The molecule has 2 heterocycles. The summed E-state index contributed by atoms with van der Waals surface area (Å²) < 4.78 is 0. The van der Waals surface area contributed by atoms with Crippen LogP contribution in [-0.4, -0.2) is 28.1 Å². The molecule has 0 radical (unpaired) electrons. The highest BCUT2D eigenvalue weighted by atomic mass is 16.4. The van der Waals surface area contributed by atoms with Crippen molar-refractivity contribution in [3.8, 4) is 6.07 Å². The van der Waals surface area contributed by atoms with E-state index in [0.717, 1.165) is 12.1 Å². The van der Waals surface area contributed by atoms with Crippen molar-refractivity contribution in [1.82, 2.24) is 4.98 Å². The fourth-order valence-electron chi connectivity index (χ4n) is 2.41. The third-order valence-electron chi connectivity index (χ3n) is 3.45. The summed E-state index contributed by atoms with van der Waals surface area (Å²) in [6.45, 7) is 4.17. The van der Waals surface area contributed by atoms with Crippen molar-refractivity contribution in [1.29, 1.82) is 5.26 Å². The Hall–Kier alpha value is -2.09. The van der Waals surface area contributed by atoms with E-state index in [2.05, 4.69) is 11.1 Å². The van der Waals surface area contributed by atoms with Crippen molar-refractivity contribution in [3.63, 3.8) is 0 Å². The lowest BCUT2D eigenvalue weighted by atomic mass is 9.99. The van der Waals surface area contributed by atoms with E-state index in [1.54, 1.807) is 30.9 Å². The van der Waals surface area contributed by atoms with Crippen molar-refractivity contribution >= 4 is 11.8 Å². The number of carboxylic acids is 1. The van der Waals surface area contributed by atoms with E-state index >= 15 is 0 Å². The van der Waals surface area contributed by atoms with Crippen LogP contribution in [-0.2, 0) is 4.79 Å². The maximum absolute atomic E-state index is 11.4. The smallest absolute Gasteiger partial charge is 0.329 e. The molecule has 0 aliphatic carbocycles. The highest BCUT2D eigenvalue weighted by Crippen LogP contribution is 2.33. The summed E-state index contributed by atoms with van der Waals surface area (Å²) in [6, 6.07) is 5.42. The van der Waals surface area contributed by atoms with Crippen molar-refractivity contribution in [2.75, 3.05) is 11.4 Å². The van der Waals surface area contributed by atoms with E-state index < -0.39 is 11.5 Å². The van der Waals surface area contributed by atoms with Crippen LogP contribution in [0, 0.1) is 18.3 Å². The van der Waals surface area contributed by atoms with Gasteiger partial charge in [0.05, 0.1) is 11.6 Å². The molecular weight excluding hydrogens is 230 g/mol. The van der Waals surface area contributed by atoms with Crippen molar-refractivity contribution in [2.45, 2.75) is 32.2 Å². The van der Waals surface area contributed by atoms with Gasteiger partial charge in [-0.15, -0.1) is 0 Å². The van der Waals surface area contributed by atoms with Gasteiger partial charge in [-0.2, -0.15) is 5.26 Å². The molecule has 0 aromatic carbocycles. The Labute approximate surface area is 106 Å². The molecular formula is C13H15N3O2. The highest BCUT2D eigenvalue weighted by molar-refractivity contribution is 5.83. The zero-order chi connectivity index (χ0) is 13.3. The average Bonchev–Trinajstić information content (AvgIpc) is 2.72. The van der Waals surface area contributed by atoms with Crippen LogP contribution in [0.25, 0.3) is 0 Å². The van der Waals surface area contributed by atoms with Gasteiger partial charge in [-0.3, -0.25) is 0 Å². The zero-order valence-electron chi connectivity index (χ0n) is 10.5. The normalized spacial score (nSPS) is 22.8. The first-order valence-corrected chi connectivity index (χ1v) is 5.87. The van der Waals surface area contributed by atoms with E-state index in [-0.39, 0.29) is 0 Å². The number of hydrogen-bond acceptors (Lipinski definition) is 4. The number of anilines is 1. The number of carboxylic acid groups (broad SMARTS) is 1. The Kier molecular flexibility index (Phi) is 2.95.